The number of nitrogens with zero attached hydrogens (tertiary/aromatic N) is 2. The number of hydrogen-bond donors (Lipinski definition) is 0. The highest BCUT2D eigenvalue weighted by Crippen LogP contribution is 2.29. The number of methoxy groups -OCH3 is 1. The molecule has 1 aromatic rings. The van der Waals surface area contributed by atoms with Crippen molar-refractivity contribution in [1.29, 1.82) is 0 Å². The molecule has 1 atom stereocenters. The number of alkyl halides is 3. The minimum atomic E-state index is -4.45. The molecule has 8 heteroatoms. The standard InChI is InChI=1S/C19H27F3N2O3/c1-5-23(6-2)11-12-24(13-14(3)18(26)27-4)17(25)15-7-9-16(10-8-15)19(20,21)22/h7-10,14H,5-6,11-13H2,1-4H3. The molecule has 0 N–H and O–H groups in total. The van der Waals surface area contributed by atoms with Crippen LogP contribution in [0.15, 0.2) is 24.3 Å². The van der Waals surface area contributed by atoms with Gasteiger partial charge >= 0.3 is 12.1 Å². The highest BCUT2D eigenvalue weighted by atomic mass is 19.4. The van der Waals surface area contributed by atoms with Gasteiger partial charge in [0, 0.05) is 25.2 Å². The second-order valence-corrected chi connectivity index (χ2v) is 6.28. The molecule has 0 bridgehead atoms. The maximum atomic E-state index is 12.8. The topological polar surface area (TPSA) is 49.9 Å². The fraction of sp³-hybridized carbons (Fsp3) is 0.579. The van der Waals surface area contributed by atoms with E-state index < -0.39 is 29.5 Å². The molecule has 1 amide bonds. The number of halogens is 3. The number of rotatable bonds is 9. The lowest BCUT2D eigenvalue weighted by Crippen LogP contribution is -2.42. The van der Waals surface area contributed by atoms with Gasteiger partial charge < -0.3 is 14.5 Å². The number of likely N-dealkylation sites (N-methyl/N-ethyl adjacent to an activating group) is 1. The van der Waals surface area contributed by atoms with Crippen LogP contribution >= 0.6 is 0 Å². The van der Waals surface area contributed by atoms with E-state index in [-0.39, 0.29) is 12.1 Å². The fourth-order valence-corrected chi connectivity index (χ4v) is 2.67. The molecule has 0 fully saturated rings. The molecule has 0 aliphatic carbocycles. The molecule has 0 aromatic heterocycles. The molecule has 152 valence electrons. The lowest BCUT2D eigenvalue weighted by molar-refractivity contribution is -0.145. The van der Waals surface area contributed by atoms with Crippen molar-refractivity contribution in [1.82, 2.24) is 9.80 Å². The number of hydrogen-bond acceptors (Lipinski definition) is 4. The third-order valence-corrected chi connectivity index (χ3v) is 4.42. The van der Waals surface area contributed by atoms with Crippen LogP contribution in [0.2, 0.25) is 0 Å². The van der Waals surface area contributed by atoms with Gasteiger partial charge in [-0.25, -0.2) is 0 Å². The van der Waals surface area contributed by atoms with Gasteiger partial charge in [-0.2, -0.15) is 13.2 Å². The molecular weight excluding hydrogens is 361 g/mol. The number of ether oxygens (including phenoxy) is 1. The average Bonchev–Trinajstić information content (AvgIpc) is 2.65. The van der Waals surface area contributed by atoms with Gasteiger partial charge in [-0.1, -0.05) is 20.8 Å². The van der Waals surface area contributed by atoms with Crippen LogP contribution in [0, 0.1) is 5.92 Å². The van der Waals surface area contributed by atoms with E-state index in [1.165, 1.54) is 24.1 Å². The van der Waals surface area contributed by atoms with Crippen LogP contribution in [0.5, 0.6) is 0 Å². The van der Waals surface area contributed by atoms with Crippen molar-refractivity contribution < 1.29 is 27.5 Å². The summed E-state index contributed by atoms with van der Waals surface area (Å²) in [6, 6.07) is 4.11. The molecule has 0 saturated carbocycles. The summed E-state index contributed by atoms with van der Waals surface area (Å²) in [5.74, 6) is -1.39. The molecule has 1 unspecified atom stereocenters. The van der Waals surface area contributed by atoms with Gasteiger partial charge in [-0.3, -0.25) is 9.59 Å². The van der Waals surface area contributed by atoms with E-state index >= 15 is 0 Å². The number of esters is 1. The normalized spacial score (nSPS) is 12.7. The van der Waals surface area contributed by atoms with Gasteiger partial charge in [-0.05, 0) is 37.4 Å². The van der Waals surface area contributed by atoms with Gasteiger partial charge in [0.2, 0.25) is 0 Å². The Bertz CT molecular complexity index is 614. The third-order valence-electron chi connectivity index (χ3n) is 4.42. The van der Waals surface area contributed by atoms with Gasteiger partial charge in [-0.15, -0.1) is 0 Å². The van der Waals surface area contributed by atoms with E-state index in [1.54, 1.807) is 6.92 Å². The predicted octanol–water partition coefficient (Wildman–Crippen LogP) is 3.30. The summed E-state index contributed by atoms with van der Waals surface area (Å²) in [7, 11) is 1.27. The Labute approximate surface area is 158 Å². The molecule has 0 aliphatic rings. The van der Waals surface area contributed by atoms with Crippen LogP contribution in [-0.4, -0.2) is 61.5 Å². The maximum absolute atomic E-state index is 12.8. The van der Waals surface area contributed by atoms with Crippen LogP contribution in [0.3, 0.4) is 0 Å². The molecule has 1 aromatic carbocycles. The molecule has 0 radical (unpaired) electrons. The Morgan fingerprint density at radius 2 is 1.63 bits per heavy atom. The van der Waals surface area contributed by atoms with Crippen molar-refractivity contribution >= 4 is 11.9 Å². The average molecular weight is 388 g/mol. The second kappa shape index (κ2) is 10.3. The number of carbonyl (C=O) groups excluding carboxylic acids is 2. The van der Waals surface area contributed by atoms with Crippen molar-refractivity contribution in [3.05, 3.63) is 35.4 Å². The Morgan fingerprint density at radius 3 is 2.07 bits per heavy atom. The first-order valence-electron chi connectivity index (χ1n) is 8.90. The Morgan fingerprint density at radius 1 is 1.07 bits per heavy atom. The number of amides is 1. The van der Waals surface area contributed by atoms with E-state index in [0.29, 0.717) is 13.1 Å². The summed E-state index contributed by atoms with van der Waals surface area (Å²) in [5, 5.41) is 0. The van der Waals surface area contributed by atoms with E-state index in [2.05, 4.69) is 4.90 Å². The first-order chi connectivity index (χ1) is 12.6. The van der Waals surface area contributed by atoms with Crippen molar-refractivity contribution in [3.63, 3.8) is 0 Å². The smallest absolute Gasteiger partial charge is 0.416 e. The second-order valence-electron chi connectivity index (χ2n) is 6.28. The predicted molar refractivity (Wildman–Crippen MR) is 96.3 cm³/mol. The highest BCUT2D eigenvalue weighted by Gasteiger charge is 2.30. The largest absolute Gasteiger partial charge is 0.469 e. The Kier molecular flexibility index (Phi) is 8.75. The molecule has 1 rings (SSSR count). The molecule has 0 spiro atoms. The molecular formula is C19H27F3N2O3. The monoisotopic (exact) mass is 388 g/mol. The summed E-state index contributed by atoms with van der Waals surface area (Å²) in [6.45, 7) is 8.38. The summed E-state index contributed by atoms with van der Waals surface area (Å²) in [6.07, 6.45) is -4.45. The van der Waals surface area contributed by atoms with E-state index in [9.17, 15) is 22.8 Å². The van der Waals surface area contributed by atoms with Gasteiger partial charge in [0.05, 0.1) is 18.6 Å². The van der Waals surface area contributed by atoms with Crippen molar-refractivity contribution in [2.45, 2.75) is 26.9 Å². The fourth-order valence-electron chi connectivity index (χ4n) is 2.67. The minimum Gasteiger partial charge on any atom is -0.469 e. The van der Waals surface area contributed by atoms with Crippen LogP contribution < -0.4 is 0 Å². The Hall–Kier alpha value is -2.09. The number of carbonyl (C=O) groups is 2. The SMILES string of the molecule is CCN(CC)CCN(CC(C)C(=O)OC)C(=O)c1ccc(C(F)(F)F)cc1. The highest BCUT2D eigenvalue weighted by molar-refractivity contribution is 5.94. The van der Waals surface area contributed by atoms with E-state index in [0.717, 1.165) is 25.2 Å². The molecule has 5 nitrogen and oxygen atoms in total. The summed E-state index contributed by atoms with van der Waals surface area (Å²) < 4.78 is 42.9. The summed E-state index contributed by atoms with van der Waals surface area (Å²) in [4.78, 5) is 28.1. The third kappa shape index (κ3) is 6.86. The minimum absolute atomic E-state index is 0.133. The van der Waals surface area contributed by atoms with Crippen molar-refractivity contribution in [2.75, 3.05) is 39.8 Å². The van der Waals surface area contributed by atoms with Crippen molar-refractivity contribution in [3.8, 4) is 0 Å². The zero-order chi connectivity index (χ0) is 20.6. The first-order valence-corrected chi connectivity index (χ1v) is 8.90. The maximum Gasteiger partial charge on any atom is 0.416 e. The van der Waals surface area contributed by atoms with Crippen molar-refractivity contribution in [2.24, 2.45) is 5.92 Å². The van der Waals surface area contributed by atoms with Crippen LogP contribution in [0.1, 0.15) is 36.7 Å². The number of benzene rings is 1. The van der Waals surface area contributed by atoms with Gasteiger partial charge in [0.15, 0.2) is 0 Å². The molecule has 0 saturated heterocycles. The Balaban J connectivity index is 2.98. The van der Waals surface area contributed by atoms with Crippen LogP contribution in [0.25, 0.3) is 0 Å². The lowest BCUT2D eigenvalue weighted by atomic mass is 10.1. The van der Waals surface area contributed by atoms with Crippen LogP contribution in [-0.2, 0) is 15.7 Å². The van der Waals surface area contributed by atoms with Crippen LogP contribution in [0.4, 0.5) is 13.2 Å². The molecule has 0 heterocycles. The van der Waals surface area contributed by atoms with Gasteiger partial charge in [0.25, 0.3) is 5.91 Å². The quantitative estimate of drug-likeness (QED) is 0.609. The zero-order valence-corrected chi connectivity index (χ0v) is 16.2. The molecule has 0 aliphatic heterocycles. The van der Waals surface area contributed by atoms with E-state index in [4.69, 9.17) is 4.74 Å². The van der Waals surface area contributed by atoms with E-state index in [1.807, 2.05) is 13.8 Å². The first kappa shape index (κ1) is 23.0. The summed E-state index contributed by atoms with van der Waals surface area (Å²) >= 11 is 0. The zero-order valence-electron chi connectivity index (χ0n) is 16.2. The summed E-state index contributed by atoms with van der Waals surface area (Å²) in [5.41, 5.74) is -0.656. The van der Waals surface area contributed by atoms with Gasteiger partial charge in [0.1, 0.15) is 0 Å². The lowest BCUT2D eigenvalue weighted by Gasteiger charge is -2.28. The molecule has 27 heavy (non-hydrogen) atoms.